The molecule has 0 aliphatic carbocycles. The number of carbonyl (C=O) groups is 2. The molecule has 0 saturated carbocycles. The van der Waals surface area contributed by atoms with E-state index in [1.54, 1.807) is 25.1 Å². The zero-order valence-corrected chi connectivity index (χ0v) is 13.5. The van der Waals surface area contributed by atoms with Gasteiger partial charge in [0.05, 0.1) is 5.52 Å². The van der Waals surface area contributed by atoms with Crippen LogP contribution < -0.4 is 11.1 Å². The van der Waals surface area contributed by atoms with Gasteiger partial charge in [-0.2, -0.15) is 0 Å². The van der Waals surface area contributed by atoms with E-state index in [0.29, 0.717) is 23.1 Å². The lowest BCUT2D eigenvalue weighted by atomic mass is 9.89. The lowest BCUT2D eigenvalue weighted by Gasteiger charge is -2.29. The molecule has 1 atom stereocenters. The van der Waals surface area contributed by atoms with Crippen LogP contribution in [0.3, 0.4) is 0 Å². The summed E-state index contributed by atoms with van der Waals surface area (Å²) in [6.45, 7) is 5.56. The summed E-state index contributed by atoms with van der Waals surface area (Å²) in [5.41, 5.74) is 5.92. The number of benzene rings is 1. The number of oxazole rings is 1. The average Bonchev–Trinajstić information content (AvgIpc) is 2.76. The van der Waals surface area contributed by atoms with Crippen LogP contribution in [-0.4, -0.2) is 22.3 Å². The summed E-state index contributed by atoms with van der Waals surface area (Å²) < 4.78 is 5.29. The number of carbonyl (C=O) groups excluding carboxylic acids is 2. The summed E-state index contributed by atoms with van der Waals surface area (Å²) in [7, 11) is 0. The topological polar surface area (TPSA) is 101 Å². The first-order valence-electron chi connectivity index (χ1n) is 6.96. The van der Waals surface area contributed by atoms with Crippen molar-refractivity contribution in [3.63, 3.8) is 0 Å². The number of nitrogens with one attached hydrogen (secondary N) is 2. The van der Waals surface area contributed by atoms with Crippen LogP contribution in [0.4, 0.5) is 0 Å². The largest absolute Gasteiger partial charge is 0.429 e. The van der Waals surface area contributed by atoms with Crippen LogP contribution in [0.25, 0.3) is 11.1 Å². The van der Waals surface area contributed by atoms with Crippen molar-refractivity contribution in [3.05, 3.63) is 28.6 Å². The third-order valence-electron chi connectivity index (χ3n) is 3.43. The van der Waals surface area contributed by atoms with Gasteiger partial charge in [-0.05, 0) is 49.7 Å². The molecule has 0 fully saturated rings. The normalized spacial score (nSPS) is 14.0. The van der Waals surface area contributed by atoms with Gasteiger partial charge in [-0.25, -0.2) is 0 Å². The van der Waals surface area contributed by atoms with Crippen LogP contribution in [0.15, 0.2) is 22.6 Å². The fourth-order valence-corrected chi connectivity index (χ4v) is 2.64. The Labute approximate surface area is 133 Å². The summed E-state index contributed by atoms with van der Waals surface area (Å²) in [5.74, 6) is -0.733. The fraction of sp³-hybridized carbons (Fsp3) is 0.400. The van der Waals surface area contributed by atoms with Crippen LogP contribution in [0.1, 0.15) is 37.6 Å². The van der Waals surface area contributed by atoms with Gasteiger partial charge in [-0.3, -0.25) is 9.59 Å². The number of aromatic nitrogens is 1. The maximum atomic E-state index is 12.4. The molecule has 0 spiro atoms. The monoisotopic (exact) mass is 321 g/mol. The molecule has 1 aromatic heterocycles. The minimum absolute atomic E-state index is 0.211. The lowest BCUT2D eigenvalue weighted by molar-refractivity contribution is -0.124. The van der Waals surface area contributed by atoms with E-state index in [1.165, 1.54) is 0 Å². The molecular formula is C15H19N3O3S. The molecule has 0 radical (unpaired) electrons. The fourth-order valence-electron chi connectivity index (χ4n) is 2.44. The van der Waals surface area contributed by atoms with E-state index < -0.39 is 11.4 Å². The van der Waals surface area contributed by atoms with E-state index >= 15 is 0 Å². The number of rotatable bonds is 5. The molecule has 0 aliphatic heterocycles. The van der Waals surface area contributed by atoms with Crippen molar-refractivity contribution >= 4 is 35.1 Å². The molecular weight excluding hydrogens is 302 g/mol. The lowest BCUT2D eigenvalue weighted by Crippen LogP contribution is -2.56. The Bertz CT molecular complexity index is 778. The number of amides is 2. The third-order valence-corrected chi connectivity index (χ3v) is 3.62. The van der Waals surface area contributed by atoms with Crippen LogP contribution in [0, 0.1) is 10.8 Å². The first-order chi connectivity index (χ1) is 10.2. The predicted molar refractivity (Wildman–Crippen MR) is 85.9 cm³/mol. The molecule has 2 aromatic rings. The van der Waals surface area contributed by atoms with E-state index in [1.807, 2.05) is 13.8 Å². The van der Waals surface area contributed by atoms with Gasteiger partial charge >= 0.3 is 0 Å². The Hall–Kier alpha value is -2.15. The molecule has 0 unspecified atom stereocenters. The van der Waals surface area contributed by atoms with Crippen molar-refractivity contribution in [3.8, 4) is 0 Å². The maximum Gasteiger partial charge on any atom is 0.266 e. The Morgan fingerprint density at radius 3 is 2.73 bits per heavy atom. The standard InChI is InChI=1S/C15H19N3O3S/c1-8(2)7-15(3,13(16)20)18-12(19)9-4-5-10-11(6-9)21-14(22)17-10/h4-6,8H,7H2,1-3H3,(H2,16,20)(H,17,22)(H,18,19)/t15-/m1/s1. The number of nitrogens with two attached hydrogens (primary N) is 1. The zero-order valence-electron chi connectivity index (χ0n) is 12.7. The van der Waals surface area contributed by atoms with Gasteiger partial charge in [0.1, 0.15) is 5.54 Å². The maximum absolute atomic E-state index is 12.4. The van der Waals surface area contributed by atoms with E-state index in [-0.39, 0.29) is 16.7 Å². The molecule has 118 valence electrons. The highest BCUT2D eigenvalue weighted by atomic mass is 32.1. The van der Waals surface area contributed by atoms with Gasteiger partial charge in [0, 0.05) is 5.56 Å². The Balaban J connectivity index is 2.28. The van der Waals surface area contributed by atoms with E-state index in [0.717, 1.165) is 0 Å². The second-order valence-electron chi connectivity index (χ2n) is 5.97. The molecule has 0 bridgehead atoms. The molecule has 22 heavy (non-hydrogen) atoms. The number of hydrogen-bond acceptors (Lipinski definition) is 4. The van der Waals surface area contributed by atoms with Gasteiger partial charge in [-0.15, -0.1) is 0 Å². The van der Waals surface area contributed by atoms with E-state index in [2.05, 4.69) is 10.3 Å². The second-order valence-corrected chi connectivity index (χ2v) is 6.34. The van der Waals surface area contributed by atoms with Crippen LogP contribution in [-0.2, 0) is 4.79 Å². The highest BCUT2D eigenvalue weighted by Gasteiger charge is 2.33. The molecule has 0 aliphatic rings. The summed E-state index contributed by atoms with van der Waals surface area (Å²) in [5, 5.41) is 2.72. The number of fused-ring (bicyclic) bond motifs is 1. The third kappa shape index (κ3) is 3.36. The highest BCUT2D eigenvalue weighted by Crippen LogP contribution is 2.19. The Morgan fingerprint density at radius 2 is 2.14 bits per heavy atom. The number of H-pyrrole nitrogens is 1. The van der Waals surface area contributed by atoms with Crippen LogP contribution in [0.2, 0.25) is 0 Å². The molecule has 2 rings (SSSR count). The average molecular weight is 321 g/mol. The minimum atomic E-state index is -1.10. The minimum Gasteiger partial charge on any atom is -0.429 e. The smallest absolute Gasteiger partial charge is 0.266 e. The van der Waals surface area contributed by atoms with Crippen molar-refractivity contribution in [1.82, 2.24) is 10.3 Å². The highest BCUT2D eigenvalue weighted by molar-refractivity contribution is 7.71. The molecule has 4 N–H and O–H groups in total. The van der Waals surface area contributed by atoms with E-state index in [9.17, 15) is 9.59 Å². The van der Waals surface area contributed by atoms with Crippen molar-refractivity contribution < 1.29 is 14.0 Å². The number of primary amides is 1. The first kappa shape index (κ1) is 16.2. The number of aromatic amines is 1. The Kier molecular flexibility index (Phi) is 4.37. The number of hydrogen-bond donors (Lipinski definition) is 3. The van der Waals surface area contributed by atoms with Crippen molar-refractivity contribution in [2.24, 2.45) is 11.7 Å². The summed E-state index contributed by atoms with van der Waals surface area (Å²) in [4.78, 5) is 27.2. The Morgan fingerprint density at radius 1 is 1.45 bits per heavy atom. The van der Waals surface area contributed by atoms with Gasteiger partial charge in [0.25, 0.3) is 10.7 Å². The summed E-state index contributed by atoms with van der Waals surface area (Å²) in [6.07, 6.45) is 0.459. The summed E-state index contributed by atoms with van der Waals surface area (Å²) >= 11 is 4.91. The van der Waals surface area contributed by atoms with Crippen molar-refractivity contribution in [2.45, 2.75) is 32.7 Å². The molecule has 1 aromatic carbocycles. The van der Waals surface area contributed by atoms with Gasteiger partial charge in [-0.1, -0.05) is 13.8 Å². The SMILES string of the molecule is CC(C)C[C@@](C)(NC(=O)c1ccc2[nH]c(=S)oc2c1)C(N)=O. The molecule has 2 amide bonds. The summed E-state index contributed by atoms with van der Waals surface area (Å²) in [6, 6.07) is 4.91. The van der Waals surface area contributed by atoms with Crippen LogP contribution >= 0.6 is 12.2 Å². The molecule has 1 heterocycles. The van der Waals surface area contributed by atoms with Gasteiger partial charge < -0.3 is 20.5 Å². The quantitative estimate of drug-likeness (QED) is 0.736. The van der Waals surface area contributed by atoms with Crippen LogP contribution in [0.5, 0.6) is 0 Å². The zero-order chi connectivity index (χ0) is 16.5. The van der Waals surface area contributed by atoms with Crippen molar-refractivity contribution in [1.29, 1.82) is 0 Å². The molecule has 7 heteroatoms. The second kappa shape index (κ2) is 5.92. The first-order valence-corrected chi connectivity index (χ1v) is 7.37. The van der Waals surface area contributed by atoms with Gasteiger partial charge in [0.2, 0.25) is 5.91 Å². The predicted octanol–water partition coefficient (Wildman–Crippen LogP) is 2.51. The van der Waals surface area contributed by atoms with E-state index in [4.69, 9.17) is 22.4 Å². The molecule has 6 nitrogen and oxygen atoms in total. The molecule has 0 saturated heterocycles. The van der Waals surface area contributed by atoms with Gasteiger partial charge in [0.15, 0.2) is 5.58 Å². The van der Waals surface area contributed by atoms with Crippen molar-refractivity contribution in [2.75, 3.05) is 0 Å².